The minimum atomic E-state index is -4.91. The van der Waals surface area contributed by atoms with E-state index in [-0.39, 0.29) is 102 Å². The van der Waals surface area contributed by atoms with Crippen LogP contribution in [-0.2, 0) is 68.8 Å². The van der Waals surface area contributed by atoms with Gasteiger partial charge in [-0.1, -0.05) is 565 Å². The van der Waals surface area contributed by atoms with Gasteiger partial charge < -0.3 is 0 Å². The van der Waals surface area contributed by atoms with Gasteiger partial charge in [0.25, 0.3) is 0 Å². The quantitative estimate of drug-likeness (QED) is 0.101. The van der Waals surface area contributed by atoms with E-state index >= 15 is 0 Å². The molecule has 0 saturated heterocycles. The van der Waals surface area contributed by atoms with Crippen LogP contribution in [0, 0.1) is 32.5 Å². The molecule has 0 N–H and O–H groups in total. The maximum Gasteiger partial charge on any atom is 0.394 e. The zero-order valence-electron chi connectivity index (χ0n) is 113. The number of alkyl halides is 9. The Labute approximate surface area is 902 Å². The third-order valence-corrected chi connectivity index (χ3v) is 26.7. The van der Waals surface area contributed by atoms with Gasteiger partial charge in [0.1, 0.15) is 0 Å². The SMILES string of the molecule is CC(C)(C)c1ccccc1-c1ccccc1.CC(C)(C)c1ccccc1C1CCCCC1.[2H]C([2H])(c1cccc(C([2H])(C)C(C)(C)C(F)(F)F)c1C(C)(C)C)C(C)(C)C(F)(F)F.[2H]C([2H])(c1cccc(C([2H])(C)C(C)(C)C)c1C(C)(C)C)C(C)(C)C.[2H]C([2H])(c1ccccc1C(C)(C)C)C(C)(C)C.[2H]C([2H])(c1ccccc1C(C)(C)C)C(C)(C)C(F)(F)F.[2H]C1(c2ccccc2C(C)(C)C)CCCCC1.[2H]c1c([2H])c([2H])c(-c2ccccc2C(C)(C)C)c([2H])c1[2H]. The summed E-state index contributed by atoms with van der Waals surface area (Å²) in [5.74, 6) is -2.60. The van der Waals surface area contributed by atoms with Crippen molar-refractivity contribution in [3.63, 3.8) is 0 Å². The largest absolute Gasteiger partial charge is 0.394 e. The number of rotatable bonds is 13. The average molecular weight is 2020 g/mol. The van der Waals surface area contributed by atoms with Crippen molar-refractivity contribution < 1.29 is 61.4 Å². The highest BCUT2D eigenvalue weighted by Gasteiger charge is 2.53. The summed E-state index contributed by atoms with van der Waals surface area (Å²) in [6, 6.07) is 67.0. The second kappa shape index (κ2) is 50.9. The Morgan fingerprint density at radius 2 is 0.566 bits per heavy atom. The van der Waals surface area contributed by atoms with Gasteiger partial charge in [0.15, 0.2) is 0 Å². The number of hydrogen-bond acceptors (Lipinski definition) is 0. The fraction of sp³-hybridized carbons (Fsp3) is 0.559. The summed E-state index contributed by atoms with van der Waals surface area (Å²) in [6.45, 7) is 75.7. The van der Waals surface area contributed by atoms with E-state index in [1.807, 2.05) is 157 Å². The van der Waals surface area contributed by atoms with E-state index in [2.05, 4.69) is 228 Å². The average Bonchev–Trinajstić information content (AvgIpc) is 0.710. The van der Waals surface area contributed by atoms with E-state index in [9.17, 15) is 39.5 Å². The molecule has 2 saturated carbocycles. The molecule has 0 spiro atoms. The van der Waals surface area contributed by atoms with Crippen molar-refractivity contribution in [3.8, 4) is 22.3 Å². The smallest absolute Gasteiger partial charge is 0.171 e. The monoisotopic (exact) mass is 2020 g/mol. The van der Waals surface area contributed by atoms with Gasteiger partial charge in [0, 0.05) is 15.1 Å². The first-order chi connectivity index (χ1) is 72.2. The van der Waals surface area contributed by atoms with Gasteiger partial charge in [-0.15, -0.1) is 0 Å². The summed E-state index contributed by atoms with van der Waals surface area (Å²) >= 11 is 0. The molecule has 2 aliphatic carbocycles. The van der Waals surface area contributed by atoms with Gasteiger partial charge >= 0.3 is 18.5 Å². The molecule has 0 aliphatic heterocycles. The zero-order valence-corrected chi connectivity index (χ0v) is 96.8. The van der Waals surface area contributed by atoms with Crippen LogP contribution in [0.4, 0.5) is 39.5 Å². The first-order valence-corrected chi connectivity index (χ1v) is 52.4. The Hall–Kier alpha value is -8.43. The first kappa shape index (κ1) is 102. The van der Waals surface area contributed by atoms with E-state index in [1.165, 1.54) is 103 Å². The fourth-order valence-electron chi connectivity index (χ4n) is 18.0. The molecule has 2 aliphatic rings. The second-order valence-electron chi connectivity index (χ2n) is 52.5. The maximum atomic E-state index is 13.8. The molecule has 0 radical (unpaired) electrons. The van der Waals surface area contributed by atoms with Crippen molar-refractivity contribution in [1.82, 2.24) is 0 Å². The molecule has 2 atom stereocenters. The lowest BCUT2D eigenvalue weighted by Gasteiger charge is -2.39. The van der Waals surface area contributed by atoms with Crippen LogP contribution in [-0.4, -0.2) is 18.5 Å². The minimum absolute atomic E-state index is 0.0119. The maximum absolute atomic E-state index is 13.8. The molecule has 10 aromatic rings. The Balaban J connectivity index is 0.000000325. The third-order valence-electron chi connectivity index (χ3n) is 26.7. The van der Waals surface area contributed by atoms with E-state index in [4.69, 9.17) is 21.9 Å². The number of benzene rings is 10. The van der Waals surface area contributed by atoms with Crippen molar-refractivity contribution in [3.05, 3.63) is 332 Å². The van der Waals surface area contributed by atoms with E-state index < -0.39 is 93.7 Å². The molecule has 145 heavy (non-hydrogen) atoms. The van der Waals surface area contributed by atoms with Crippen molar-refractivity contribution in [1.29, 1.82) is 0 Å². The predicted octanol–water partition coefficient (Wildman–Crippen LogP) is 43.6. The van der Waals surface area contributed by atoms with E-state index in [0.29, 0.717) is 11.1 Å². The predicted molar refractivity (Wildman–Crippen MR) is 613 cm³/mol. The molecular formula is C136H195F9. The number of hydrogen-bond donors (Lipinski definition) is 0. The van der Waals surface area contributed by atoms with Gasteiger partial charge in [-0.2, -0.15) is 39.5 Å². The van der Waals surface area contributed by atoms with Crippen LogP contribution in [0.3, 0.4) is 0 Å². The Kier molecular flexibility index (Phi) is 36.0. The molecular weight excluding hydrogens is 1800 g/mol. The fourth-order valence-corrected chi connectivity index (χ4v) is 18.0. The lowest BCUT2D eigenvalue weighted by molar-refractivity contribution is -0.218. The molecule has 0 heterocycles. The van der Waals surface area contributed by atoms with Gasteiger partial charge in [-0.05, 0) is 246 Å². The van der Waals surface area contributed by atoms with Gasteiger partial charge in [0.05, 0.1) is 23.1 Å². The highest BCUT2D eigenvalue weighted by molar-refractivity contribution is 5.70. The first-order valence-electron chi connectivity index (χ1n) is 60.4. The van der Waals surface area contributed by atoms with E-state index in [1.54, 1.807) is 50.1 Å². The summed E-state index contributed by atoms with van der Waals surface area (Å²) in [7, 11) is 0. The van der Waals surface area contributed by atoms with Gasteiger partial charge in [-0.25, -0.2) is 0 Å². The zero-order chi connectivity index (χ0) is 125. The highest BCUT2D eigenvalue weighted by atomic mass is 19.4. The Morgan fingerprint density at radius 1 is 0.276 bits per heavy atom. The molecule has 2 fully saturated rings. The summed E-state index contributed by atoms with van der Waals surface area (Å²) in [6.07, 6.45) is -9.70. The summed E-state index contributed by atoms with van der Waals surface area (Å²) in [5.41, 5.74) is 6.23. The third kappa shape index (κ3) is 39.1. The van der Waals surface area contributed by atoms with Gasteiger partial charge in [-0.3, -0.25) is 0 Å². The van der Waals surface area contributed by atoms with Crippen molar-refractivity contribution >= 4 is 0 Å². The lowest BCUT2D eigenvalue weighted by Crippen LogP contribution is -2.38. The summed E-state index contributed by atoms with van der Waals surface area (Å²) in [5, 5.41) is 0. The van der Waals surface area contributed by atoms with Crippen LogP contribution in [0.25, 0.3) is 22.3 Å². The van der Waals surface area contributed by atoms with Crippen LogP contribution < -0.4 is 0 Å². The molecule has 0 aromatic heterocycles. The molecule has 9 heteroatoms. The topological polar surface area (TPSA) is 0 Å². The molecule has 802 valence electrons. The van der Waals surface area contributed by atoms with Crippen LogP contribution in [0.1, 0.15) is 483 Å². The standard InChI is InChI=1S/C21H30F6.C21H36.2C16H24.2C16H18.C15H21F3.C15H24/c1-13(19(7,8)21(25,26)27)15-11-9-10-14(16(15)17(2,3)4)12-18(5,6)20(22,23)24;1-15(20(5,6)7)17-13-11-12-16(14-19(2,3)4)18(17)21(8,9)10;4*1-16(2,3)15-12-8-7-11-14(15)13-9-5-4-6-10-13;1-13(2,3)12-9-7-6-8-11(12)10-14(4,5)15(16,17)18;1-14(2,3)11-12-9-7-8-10-13(12)15(4,5)6/h9-11,13H,12H2,1-8H3;11-13,15H,14H2,1-10H3;2*7-8,11-13H,4-6,9-10H2,1-3H3;2*4-12H,1-3H3;6-9H,10H2,1-5H3;7-10H,11H2,1-6H3/i12D2,13D;14D2,15D;13D;;4D,5D,6D,9D,10D;;10D2;11D2. The molecule has 0 bridgehead atoms. The normalized spacial score (nSPS) is 17.5. The Morgan fingerprint density at radius 3 is 0.924 bits per heavy atom. The second-order valence-corrected chi connectivity index (χ2v) is 52.5. The molecule has 0 amide bonds. The summed E-state index contributed by atoms with van der Waals surface area (Å²) in [4.78, 5) is 0. The Bertz CT molecular complexity index is 6330. The van der Waals surface area contributed by atoms with Crippen LogP contribution >= 0.6 is 0 Å². The molecule has 2 unspecified atom stereocenters. The lowest BCUT2D eigenvalue weighted by atomic mass is 9.68. The van der Waals surface area contributed by atoms with Crippen molar-refractivity contribution in [2.45, 2.75) is 459 Å². The molecule has 12 rings (SSSR count). The van der Waals surface area contributed by atoms with Crippen molar-refractivity contribution in [2.75, 3.05) is 0 Å². The van der Waals surface area contributed by atoms with Crippen LogP contribution in [0.15, 0.2) is 243 Å². The highest BCUT2D eigenvalue weighted by Crippen LogP contribution is 2.53. The van der Waals surface area contributed by atoms with E-state index in [0.717, 1.165) is 101 Å². The molecule has 0 nitrogen and oxygen atoms in total. The van der Waals surface area contributed by atoms with Gasteiger partial charge in [0.2, 0.25) is 0 Å². The minimum Gasteiger partial charge on any atom is -0.171 e. The molecule has 10 aromatic carbocycles. The number of halogens is 9. The summed E-state index contributed by atoms with van der Waals surface area (Å²) < 4.78 is 255. The van der Waals surface area contributed by atoms with Crippen molar-refractivity contribution in [2.24, 2.45) is 32.5 Å². The van der Waals surface area contributed by atoms with Crippen LogP contribution in [0.2, 0.25) is 0 Å². The van der Waals surface area contributed by atoms with Crippen LogP contribution in [0.5, 0.6) is 0 Å².